The van der Waals surface area contributed by atoms with Crippen LogP contribution in [0.4, 0.5) is 15.3 Å². The number of nitrogens with two attached hydrogens (primary N) is 1. The Kier molecular flexibility index (Phi) is 32.5. The fourth-order valence-electron chi connectivity index (χ4n) is 11.7. The third kappa shape index (κ3) is 23.4. The highest BCUT2D eigenvalue weighted by molar-refractivity contribution is 5.97. The topological polar surface area (TPSA) is 312 Å². The first kappa shape index (κ1) is 76.3. The largest absolute Gasteiger partial charge is 0.469 e. The molecule has 498 valence electrons. The number of nitrogens with one attached hydrogen (secondary N) is 4. The van der Waals surface area contributed by atoms with E-state index >= 15 is 0 Å². The third-order valence-electron chi connectivity index (χ3n) is 17.2. The zero-order valence-electron chi connectivity index (χ0n) is 55.3. The second-order valence-electron chi connectivity index (χ2n) is 24.9. The summed E-state index contributed by atoms with van der Waals surface area (Å²) in [6.45, 7) is 18.7. The monoisotopic (exact) mass is 1250 g/mol. The molecule has 89 heavy (non-hydrogen) atoms. The molecule has 0 radical (unpaired) electrons. The summed E-state index contributed by atoms with van der Waals surface area (Å²) in [5, 5.41) is 22.0. The van der Waals surface area contributed by atoms with Gasteiger partial charge >= 0.3 is 18.1 Å². The van der Waals surface area contributed by atoms with E-state index in [1.807, 2.05) is 58.0 Å². The molecule has 0 bridgehead atoms. The van der Waals surface area contributed by atoms with Crippen molar-refractivity contribution in [2.45, 2.75) is 195 Å². The van der Waals surface area contributed by atoms with Crippen LogP contribution < -0.4 is 27.0 Å². The van der Waals surface area contributed by atoms with Crippen molar-refractivity contribution in [3.8, 4) is 0 Å². The van der Waals surface area contributed by atoms with Gasteiger partial charge in [-0.2, -0.15) is 0 Å². The van der Waals surface area contributed by atoms with E-state index in [9.17, 15) is 53.1 Å². The molecule has 1 aliphatic rings. The summed E-state index contributed by atoms with van der Waals surface area (Å²) in [6.07, 6.45) is -0.415. The lowest BCUT2D eigenvalue weighted by molar-refractivity contribution is -0.148. The van der Waals surface area contributed by atoms with Gasteiger partial charge in [0.25, 0.3) is 0 Å². The molecule has 1 heterocycles. The molecule has 0 aromatic heterocycles. The number of ether oxygens (including phenoxy) is 4. The molecule has 2 aromatic carbocycles. The minimum absolute atomic E-state index is 0.00153. The number of hydrogen-bond acceptors (Lipinski definition) is 15. The normalized spacial score (nSPS) is 16.9. The van der Waals surface area contributed by atoms with E-state index in [1.54, 1.807) is 89.8 Å². The van der Waals surface area contributed by atoms with Crippen LogP contribution in [0.2, 0.25) is 0 Å². The van der Waals surface area contributed by atoms with Gasteiger partial charge in [-0.25, -0.2) is 9.59 Å². The molecule has 0 saturated carbocycles. The minimum atomic E-state index is -1.07. The number of anilines is 1. The van der Waals surface area contributed by atoms with Gasteiger partial charge < -0.3 is 60.9 Å². The predicted molar refractivity (Wildman–Crippen MR) is 337 cm³/mol. The molecule has 8 amide bonds. The molecule has 0 aliphatic carbocycles. The number of esters is 1. The van der Waals surface area contributed by atoms with Crippen molar-refractivity contribution >= 4 is 64.9 Å². The number of likely N-dealkylation sites (tertiary alicyclic amines) is 1. The number of urea groups is 1. The maximum atomic E-state index is 14.8. The van der Waals surface area contributed by atoms with E-state index in [1.165, 1.54) is 26.2 Å². The summed E-state index contributed by atoms with van der Waals surface area (Å²) in [6, 6.07) is 10.9. The number of amides is 8. The first-order valence-corrected chi connectivity index (χ1v) is 31.4. The number of nitrogens with zero attached hydrogens (tertiary/aromatic N) is 3. The van der Waals surface area contributed by atoms with Gasteiger partial charge in [0.2, 0.25) is 29.5 Å². The number of carbonyl (C=O) groups excluding carboxylic acids is 10. The molecule has 2 aromatic rings. The van der Waals surface area contributed by atoms with Crippen molar-refractivity contribution in [1.82, 2.24) is 30.7 Å². The van der Waals surface area contributed by atoms with Crippen molar-refractivity contribution < 1.29 is 72.0 Å². The number of primary amides is 1. The van der Waals surface area contributed by atoms with Crippen LogP contribution in [0.5, 0.6) is 0 Å². The number of rotatable bonds is 38. The summed E-state index contributed by atoms with van der Waals surface area (Å²) in [5.74, 6) is -6.10. The van der Waals surface area contributed by atoms with Gasteiger partial charge in [0.15, 0.2) is 5.78 Å². The Morgan fingerprint density at radius 3 is 1.92 bits per heavy atom. The van der Waals surface area contributed by atoms with E-state index in [0.717, 1.165) is 5.56 Å². The van der Waals surface area contributed by atoms with E-state index in [-0.39, 0.29) is 93.3 Å². The molecule has 1 saturated heterocycles. The maximum absolute atomic E-state index is 14.8. The molecule has 3 rings (SSSR count). The average molecular weight is 1250 g/mol. The van der Waals surface area contributed by atoms with Crippen LogP contribution in [0, 0.1) is 41.4 Å². The van der Waals surface area contributed by atoms with Gasteiger partial charge in [-0.3, -0.25) is 43.3 Å². The first-order valence-electron chi connectivity index (χ1n) is 31.4. The summed E-state index contributed by atoms with van der Waals surface area (Å²) in [7, 11) is 7.39. The zero-order valence-corrected chi connectivity index (χ0v) is 55.3. The average Bonchev–Trinajstić information content (AvgIpc) is 2.15. The Morgan fingerprint density at radius 1 is 0.719 bits per heavy atom. The zero-order chi connectivity index (χ0) is 66.8. The van der Waals surface area contributed by atoms with Crippen LogP contribution in [0.15, 0.2) is 54.6 Å². The molecular formula is C66H104N8O15. The van der Waals surface area contributed by atoms with Gasteiger partial charge in [-0.1, -0.05) is 118 Å². The van der Waals surface area contributed by atoms with E-state index in [4.69, 9.17) is 19.9 Å². The minimum Gasteiger partial charge on any atom is -0.469 e. The highest BCUT2D eigenvalue weighted by Crippen LogP contribution is 2.33. The molecule has 7 N–H and O–H groups in total. The fourth-order valence-corrected chi connectivity index (χ4v) is 11.7. The van der Waals surface area contributed by atoms with Crippen molar-refractivity contribution in [2.24, 2.45) is 47.2 Å². The molecule has 12 atom stereocenters. The highest BCUT2D eigenvalue weighted by atomic mass is 16.6. The van der Waals surface area contributed by atoms with Crippen LogP contribution in [0.1, 0.15) is 157 Å². The Labute approximate surface area is 527 Å². The Bertz CT molecular complexity index is 2620. The lowest BCUT2D eigenvalue weighted by Gasteiger charge is -2.41. The second kappa shape index (κ2) is 37.9. The Morgan fingerprint density at radius 2 is 1.36 bits per heavy atom. The van der Waals surface area contributed by atoms with Crippen molar-refractivity contribution in [3.05, 3.63) is 65.7 Å². The number of methoxy groups -OCH3 is 3. The smallest absolute Gasteiger partial charge is 0.410 e. The molecule has 23 nitrogen and oxygen atoms in total. The lowest BCUT2D eigenvalue weighted by Crippen LogP contribution is -2.60. The van der Waals surface area contributed by atoms with Crippen molar-refractivity contribution in [3.63, 3.8) is 0 Å². The summed E-state index contributed by atoms with van der Waals surface area (Å²) >= 11 is 0. The van der Waals surface area contributed by atoms with Crippen molar-refractivity contribution in [2.75, 3.05) is 53.8 Å². The standard InChI is InChI=1S/C66H104N8O15/c1-16-42(8)59(52(86-13)37-54(78)74-34-22-26-49(74)61(88-15)44(10)50(75)35-43(9)60(80)46-23-18-17-19-24-46)72(11)64(83)57(40(4)5)71-63(82)58(41(6)7)73(12)66(85)89-38-45-29-31-48(32-30-45)69-62(81)47(25-21-33-68-65(67)84)36-51(76)56(39(2)3)70-53(77)27-20-28-55(79)87-14/h17-19,23-24,29-32,39-44,47,49,52,56-61,80H,16,20-22,25-28,33-38H2,1-15H3,(H,69,81)(H,70,77)(H,71,82)(H3,67,68,84)/t42-,43-,44-,47+,49-,52+,56-,57-,58-,59-,60+,61+/m0/s1. The number of aliphatic hydroxyl groups excluding tert-OH is 1. The molecule has 1 fully saturated rings. The van der Waals surface area contributed by atoms with Gasteiger partial charge in [-0.05, 0) is 85.0 Å². The lowest BCUT2D eigenvalue weighted by atomic mass is 9.85. The van der Waals surface area contributed by atoms with Gasteiger partial charge in [-0.15, -0.1) is 0 Å². The van der Waals surface area contributed by atoms with Crippen LogP contribution in [-0.2, 0) is 63.9 Å². The third-order valence-corrected chi connectivity index (χ3v) is 17.2. The van der Waals surface area contributed by atoms with Crippen LogP contribution >= 0.6 is 0 Å². The number of carbonyl (C=O) groups is 10. The molecule has 0 spiro atoms. The fraction of sp³-hybridized carbons (Fsp3) is 0.667. The number of benzene rings is 2. The van der Waals surface area contributed by atoms with Crippen LogP contribution in [-0.4, -0.2) is 170 Å². The van der Waals surface area contributed by atoms with E-state index in [0.29, 0.717) is 43.5 Å². The number of ketones is 2. The van der Waals surface area contributed by atoms with E-state index in [2.05, 4.69) is 26.0 Å². The van der Waals surface area contributed by atoms with Crippen LogP contribution in [0.25, 0.3) is 0 Å². The SMILES string of the molecule is CC[C@H](C)[C@@H]([C@@H](CC(=O)N1CCC[C@H]1[C@H](OC)[C@@H](C)C(=O)C[C@H](C)[C@@H](O)c1ccccc1)OC)N(C)C(=O)[C@@H](NC(=O)[C@H](C(C)C)N(C)C(=O)OCc1ccc(NC(=O)[C@H](CCCNC(N)=O)CC(=O)[C@@H](NC(=O)CCCC(=O)OC)C(C)C)cc1)C(C)C. The maximum Gasteiger partial charge on any atom is 0.410 e. The summed E-state index contributed by atoms with van der Waals surface area (Å²) in [4.78, 5) is 139. The summed E-state index contributed by atoms with van der Waals surface area (Å²) < 4.78 is 22.4. The van der Waals surface area contributed by atoms with Gasteiger partial charge in [0.1, 0.15) is 24.5 Å². The summed E-state index contributed by atoms with van der Waals surface area (Å²) in [5.41, 5.74) is 6.89. The molecular weight excluding hydrogens is 1140 g/mol. The Balaban J connectivity index is 1.71. The first-order chi connectivity index (χ1) is 42.0. The number of aliphatic hydroxyl groups is 1. The van der Waals surface area contributed by atoms with Gasteiger partial charge in [0.05, 0.1) is 50.0 Å². The Hall–Kier alpha value is -6.98. The van der Waals surface area contributed by atoms with Crippen LogP contribution in [0.3, 0.4) is 0 Å². The number of likely N-dealkylation sites (N-methyl/N-ethyl adjacent to an activating group) is 2. The molecule has 1 aliphatic heterocycles. The molecule has 0 unspecified atom stereocenters. The second-order valence-corrected chi connectivity index (χ2v) is 24.9. The highest BCUT2D eigenvalue weighted by Gasteiger charge is 2.44. The number of Topliss-reactive ketones (excluding diaryl/α,β-unsaturated/α-hetero) is 2. The van der Waals surface area contributed by atoms with Gasteiger partial charge in [0, 0.05) is 84.6 Å². The predicted octanol–water partition coefficient (Wildman–Crippen LogP) is 7.12. The quantitative estimate of drug-likeness (QED) is 0.0288. The number of hydrogen-bond donors (Lipinski definition) is 6. The van der Waals surface area contributed by atoms with Crippen molar-refractivity contribution in [1.29, 1.82) is 0 Å². The van der Waals surface area contributed by atoms with E-state index < -0.39 is 114 Å². The molecule has 23 heteroatoms.